The van der Waals surface area contributed by atoms with E-state index in [2.05, 4.69) is 25.2 Å². The van der Waals surface area contributed by atoms with E-state index in [9.17, 15) is 5.11 Å². The lowest BCUT2D eigenvalue weighted by atomic mass is 9.73. The summed E-state index contributed by atoms with van der Waals surface area (Å²) in [5.41, 5.74) is 2.26. The van der Waals surface area contributed by atoms with E-state index in [4.69, 9.17) is 4.74 Å². The van der Waals surface area contributed by atoms with Gasteiger partial charge >= 0.3 is 0 Å². The zero-order valence-electron chi connectivity index (χ0n) is 12.9. The van der Waals surface area contributed by atoms with Gasteiger partial charge in [0.1, 0.15) is 5.75 Å². The summed E-state index contributed by atoms with van der Waals surface area (Å²) in [5, 5.41) is 13.1. The Hall–Kier alpha value is -1.22. The molecule has 0 saturated heterocycles. The molecule has 3 nitrogen and oxygen atoms in total. The summed E-state index contributed by atoms with van der Waals surface area (Å²) in [6.45, 7) is 7.27. The van der Waals surface area contributed by atoms with Crippen LogP contribution in [0.15, 0.2) is 18.2 Å². The van der Waals surface area contributed by atoms with Crippen LogP contribution in [0.5, 0.6) is 5.75 Å². The van der Waals surface area contributed by atoms with Gasteiger partial charge in [0, 0.05) is 17.3 Å². The summed E-state index contributed by atoms with van der Waals surface area (Å²) in [7, 11) is 0. The van der Waals surface area contributed by atoms with Gasteiger partial charge in [-0.15, -0.1) is 0 Å². The van der Waals surface area contributed by atoms with E-state index >= 15 is 0 Å². The number of aliphatic hydroxyl groups is 1. The van der Waals surface area contributed by atoms with Crippen LogP contribution in [0.4, 0.5) is 5.69 Å². The van der Waals surface area contributed by atoms with Crippen LogP contribution < -0.4 is 10.1 Å². The van der Waals surface area contributed by atoms with Gasteiger partial charge in [-0.1, -0.05) is 26.7 Å². The number of ether oxygens (including phenoxy) is 1. The van der Waals surface area contributed by atoms with Gasteiger partial charge in [0.05, 0.1) is 13.2 Å². The molecule has 0 aromatic heterocycles. The Kier molecular flexibility index (Phi) is 4.92. The number of benzene rings is 1. The Labute approximate surface area is 122 Å². The first-order valence-electron chi connectivity index (χ1n) is 7.70. The van der Waals surface area contributed by atoms with Crippen LogP contribution in [0.2, 0.25) is 0 Å². The summed E-state index contributed by atoms with van der Waals surface area (Å²) < 4.78 is 5.53. The third-order valence-electron chi connectivity index (χ3n) is 4.38. The fraction of sp³-hybridized carbons (Fsp3) is 0.647. The third-order valence-corrected chi connectivity index (χ3v) is 4.38. The molecule has 1 unspecified atom stereocenters. The molecule has 2 N–H and O–H groups in total. The van der Waals surface area contributed by atoms with Crippen molar-refractivity contribution in [1.29, 1.82) is 0 Å². The van der Waals surface area contributed by atoms with E-state index < -0.39 is 0 Å². The molecule has 0 heterocycles. The molecule has 3 heteroatoms. The van der Waals surface area contributed by atoms with Crippen molar-refractivity contribution in [3.05, 3.63) is 23.8 Å². The molecule has 1 aliphatic carbocycles. The first kappa shape index (κ1) is 15.2. The molecule has 0 bridgehead atoms. The smallest absolute Gasteiger partial charge is 0.124 e. The molecule has 1 atom stereocenters. The Balaban J connectivity index is 2.13. The van der Waals surface area contributed by atoms with Crippen LogP contribution in [0.25, 0.3) is 0 Å². The average Bonchev–Trinajstić information content (AvgIpc) is 2.43. The second-order valence-electron chi connectivity index (χ2n) is 6.34. The molecule has 0 amide bonds. The number of nitrogens with one attached hydrogen (secondary N) is 1. The summed E-state index contributed by atoms with van der Waals surface area (Å²) in [4.78, 5) is 0. The SMILES string of the molecule is CCOc1ccc(NC2CCCCC2(C)C)cc1CO. The maximum Gasteiger partial charge on any atom is 0.124 e. The van der Waals surface area contributed by atoms with E-state index in [1.165, 1.54) is 25.7 Å². The number of aliphatic hydroxyl groups excluding tert-OH is 1. The Morgan fingerprint density at radius 2 is 2.15 bits per heavy atom. The van der Waals surface area contributed by atoms with Crippen molar-refractivity contribution >= 4 is 5.69 Å². The summed E-state index contributed by atoms with van der Waals surface area (Å²) in [5.74, 6) is 0.781. The van der Waals surface area contributed by atoms with Gasteiger partial charge in [-0.2, -0.15) is 0 Å². The number of anilines is 1. The molecular formula is C17H27NO2. The van der Waals surface area contributed by atoms with Crippen molar-refractivity contribution in [2.24, 2.45) is 5.41 Å². The van der Waals surface area contributed by atoms with E-state index in [0.717, 1.165) is 17.0 Å². The lowest BCUT2D eigenvalue weighted by Crippen LogP contribution is -2.38. The van der Waals surface area contributed by atoms with Crippen molar-refractivity contribution in [2.75, 3.05) is 11.9 Å². The maximum atomic E-state index is 9.47. The predicted octanol–water partition coefficient (Wildman–Crippen LogP) is 3.96. The first-order chi connectivity index (χ1) is 9.56. The lowest BCUT2D eigenvalue weighted by molar-refractivity contribution is 0.217. The Morgan fingerprint density at radius 1 is 1.35 bits per heavy atom. The fourth-order valence-corrected chi connectivity index (χ4v) is 3.05. The molecule has 112 valence electrons. The summed E-state index contributed by atoms with van der Waals surface area (Å²) in [6, 6.07) is 6.51. The molecule has 2 rings (SSSR count). The van der Waals surface area contributed by atoms with Gasteiger partial charge in [0.2, 0.25) is 0 Å². The first-order valence-corrected chi connectivity index (χ1v) is 7.70. The summed E-state index contributed by atoms with van der Waals surface area (Å²) >= 11 is 0. The molecule has 1 aromatic rings. The van der Waals surface area contributed by atoms with Crippen molar-refractivity contribution in [1.82, 2.24) is 0 Å². The maximum absolute atomic E-state index is 9.47. The van der Waals surface area contributed by atoms with Crippen LogP contribution >= 0.6 is 0 Å². The predicted molar refractivity (Wildman–Crippen MR) is 83.2 cm³/mol. The Morgan fingerprint density at radius 3 is 2.80 bits per heavy atom. The van der Waals surface area contributed by atoms with E-state index in [1.807, 2.05) is 19.1 Å². The van der Waals surface area contributed by atoms with Crippen LogP contribution in [-0.2, 0) is 6.61 Å². The monoisotopic (exact) mass is 277 g/mol. The van der Waals surface area contributed by atoms with Gasteiger partial charge in [0.25, 0.3) is 0 Å². The minimum atomic E-state index is 0.0128. The van der Waals surface area contributed by atoms with Gasteiger partial charge in [-0.25, -0.2) is 0 Å². The van der Waals surface area contributed by atoms with Gasteiger partial charge < -0.3 is 15.2 Å². The van der Waals surface area contributed by atoms with Gasteiger partial charge in [0.15, 0.2) is 0 Å². The van der Waals surface area contributed by atoms with E-state index in [0.29, 0.717) is 18.1 Å². The highest BCUT2D eigenvalue weighted by Crippen LogP contribution is 2.37. The largest absolute Gasteiger partial charge is 0.494 e. The van der Waals surface area contributed by atoms with Crippen LogP contribution in [0, 0.1) is 5.41 Å². The fourth-order valence-electron chi connectivity index (χ4n) is 3.05. The zero-order valence-corrected chi connectivity index (χ0v) is 12.9. The molecule has 1 aromatic carbocycles. The number of hydrogen-bond donors (Lipinski definition) is 2. The molecule has 0 aliphatic heterocycles. The minimum Gasteiger partial charge on any atom is -0.494 e. The molecule has 1 fully saturated rings. The van der Waals surface area contributed by atoms with E-state index in [1.54, 1.807) is 0 Å². The second-order valence-corrected chi connectivity index (χ2v) is 6.34. The highest BCUT2D eigenvalue weighted by atomic mass is 16.5. The van der Waals surface area contributed by atoms with Crippen molar-refractivity contribution in [3.63, 3.8) is 0 Å². The molecule has 1 saturated carbocycles. The minimum absolute atomic E-state index is 0.0128. The van der Waals surface area contributed by atoms with Crippen LogP contribution in [-0.4, -0.2) is 17.8 Å². The average molecular weight is 277 g/mol. The quantitative estimate of drug-likeness (QED) is 0.856. The molecule has 20 heavy (non-hydrogen) atoms. The van der Waals surface area contributed by atoms with Crippen molar-refractivity contribution < 1.29 is 9.84 Å². The lowest BCUT2D eigenvalue weighted by Gasteiger charge is -2.39. The number of rotatable bonds is 5. The second kappa shape index (κ2) is 6.49. The molecule has 0 spiro atoms. The van der Waals surface area contributed by atoms with Crippen molar-refractivity contribution in [2.45, 2.75) is 59.1 Å². The Bertz CT molecular complexity index is 443. The number of hydrogen-bond acceptors (Lipinski definition) is 3. The standard InChI is InChI=1S/C17H27NO2/c1-4-20-15-9-8-14(11-13(15)12-19)18-16-7-5-6-10-17(16,2)3/h8-9,11,16,18-19H,4-7,10,12H2,1-3H3. The van der Waals surface area contributed by atoms with Crippen LogP contribution in [0.3, 0.4) is 0 Å². The molecule has 0 radical (unpaired) electrons. The topological polar surface area (TPSA) is 41.5 Å². The summed E-state index contributed by atoms with van der Waals surface area (Å²) in [6.07, 6.45) is 5.12. The van der Waals surface area contributed by atoms with Gasteiger partial charge in [-0.05, 0) is 43.4 Å². The van der Waals surface area contributed by atoms with Gasteiger partial charge in [-0.3, -0.25) is 0 Å². The van der Waals surface area contributed by atoms with Crippen molar-refractivity contribution in [3.8, 4) is 5.75 Å². The van der Waals surface area contributed by atoms with E-state index in [-0.39, 0.29) is 6.61 Å². The zero-order chi connectivity index (χ0) is 14.6. The van der Waals surface area contributed by atoms with Crippen LogP contribution in [0.1, 0.15) is 52.0 Å². The highest BCUT2D eigenvalue weighted by molar-refractivity contribution is 5.52. The molecule has 1 aliphatic rings. The normalized spacial score (nSPS) is 21.5. The molecular weight excluding hydrogens is 250 g/mol. The third kappa shape index (κ3) is 3.45. The highest BCUT2D eigenvalue weighted by Gasteiger charge is 2.32.